The standard InChI is InChI=1S/C15H21N3O3/c1-4-7-16-13(19)10-12(15(21)18-9-6-3)11-14(20)17-8-5-2/h4-6,10H,1-3,7-9,11H2,(H,16,19)(H,17,20)(H,18,21). The Balaban J connectivity index is 4.85. The maximum atomic E-state index is 11.9. The van der Waals surface area contributed by atoms with Crippen molar-refractivity contribution >= 4 is 17.7 Å². The van der Waals surface area contributed by atoms with Crippen LogP contribution >= 0.6 is 0 Å². The monoisotopic (exact) mass is 291 g/mol. The van der Waals surface area contributed by atoms with E-state index in [1.807, 2.05) is 0 Å². The molecule has 0 unspecified atom stereocenters. The molecular weight excluding hydrogens is 270 g/mol. The van der Waals surface area contributed by atoms with E-state index in [-0.39, 0.29) is 31.0 Å². The molecule has 0 spiro atoms. The molecule has 0 aliphatic rings. The first-order chi connectivity index (χ1) is 10.0. The highest BCUT2D eigenvalue weighted by Crippen LogP contribution is 2.02. The lowest BCUT2D eigenvalue weighted by atomic mass is 10.1. The molecule has 0 aliphatic heterocycles. The lowest BCUT2D eigenvalue weighted by molar-refractivity contribution is -0.123. The van der Waals surface area contributed by atoms with Gasteiger partial charge in [-0.25, -0.2) is 0 Å². The Labute approximate surface area is 124 Å². The minimum atomic E-state index is -0.489. The van der Waals surface area contributed by atoms with E-state index in [1.54, 1.807) is 0 Å². The van der Waals surface area contributed by atoms with Crippen LogP contribution in [0.15, 0.2) is 49.6 Å². The summed E-state index contributed by atoms with van der Waals surface area (Å²) in [6, 6.07) is 0. The molecule has 0 atom stereocenters. The van der Waals surface area contributed by atoms with E-state index in [0.29, 0.717) is 6.54 Å². The summed E-state index contributed by atoms with van der Waals surface area (Å²) < 4.78 is 0. The molecule has 3 amide bonds. The van der Waals surface area contributed by atoms with E-state index in [0.717, 1.165) is 6.08 Å². The Morgan fingerprint density at radius 2 is 1.33 bits per heavy atom. The zero-order valence-electron chi connectivity index (χ0n) is 12.0. The molecule has 6 heteroatoms. The summed E-state index contributed by atoms with van der Waals surface area (Å²) in [4.78, 5) is 35.1. The molecule has 114 valence electrons. The second-order valence-electron chi connectivity index (χ2n) is 3.97. The van der Waals surface area contributed by atoms with Crippen LogP contribution in [0.5, 0.6) is 0 Å². The van der Waals surface area contributed by atoms with E-state index in [1.165, 1.54) is 18.2 Å². The Bertz CT molecular complexity index is 453. The fourth-order valence-corrected chi connectivity index (χ4v) is 1.28. The third-order valence-corrected chi connectivity index (χ3v) is 2.22. The second kappa shape index (κ2) is 11.2. The fourth-order valence-electron chi connectivity index (χ4n) is 1.28. The van der Waals surface area contributed by atoms with Gasteiger partial charge in [-0.3, -0.25) is 14.4 Å². The topological polar surface area (TPSA) is 87.3 Å². The number of carbonyl (C=O) groups is 3. The van der Waals surface area contributed by atoms with Gasteiger partial charge in [0.2, 0.25) is 17.7 Å². The third-order valence-electron chi connectivity index (χ3n) is 2.22. The number of amides is 3. The van der Waals surface area contributed by atoms with Gasteiger partial charge in [0.25, 0.3) is 0 Å². The zero-order chi connectivity index (χ0) is 16.1. The lowest BCUT2D eigenvalue weighted by Gasteiger charge is -2.08. The molecule has 0 rings (SSSR count). The normalized spacial score (nSPS) is 10.2. The largest absolute Gasteiger partial charge is 0.352 e. The van der Waals surface area contributed by atoms with Crippen molar-refractivity contribution in [3.8, 4) is 0 Å². The van der Waals surface area contributed by atoms with Crippen LogP contribution in [0, 0.1) is 0 Å². The SMILES string of the molecule is C=CCNC(=O)C=C(CC(=O)NCC=C)C(=O)NCC=C. The van der Waals surface area contributed by atoms with Gasteiger partial charge in [0.15, 0.2) is 0 Å². The Morgan fingerprint density at radius 1 is 0.810 bits per heavy atom. The molecule has 0 aromatic rings. The Hall–Kier alpha value is -2.63. The average molecular weight is 291 g/mol. The van der Waals surface area contributed by atoms with Crippen LogP contribution in [-0.2, 0) is 14.4 Å². The highest BCUT2D eigenvalue weighted by Gasteiger charge is 2.14. The molecule has 0 bridgehead atoms. The molecule has 0 aromatic carbocycles. The van der Waals surface area contributed by atoms with Gasteiger partial charge in [0.05, 0.1) is 6.42 Å². The summed E-state index contributed by atoms with van der Waals surface area (Å²) in [6.45, 7) is 11.2. The van der Waals surface area contributed by atoms with Gasteiger partial charge in [-0.15, -0.1) is 19.7 Å². The van der Waals surface area contributed by atoms with Crippen molar-refractivity contribution in [1.29, 1.82) is 0 Å². The average Bonchev–Trinajstić information content (AvgIpc) is 2.47. The first-order valence-corrected chi connectivity index (χ1v) is 6.41. The maximum Gasteiger partial charge on any atom is 0.248 e. The van der Waals surface area contributed by atoms with Crippen molar-refractivity contribution in [2.45, 2.75) is 6.42 Å². The van der Waals surface area contributed by atoms with E-state index >= 15 is 0 Å². The molecule has 0 saturated heterocycles. The van der Waals surface area contributed by atoms with Crippen LogP contribution in [0.25, 0.3) is 0 Å². The number of hydrogen-bond acceptors (Lipinski definition) is 3. The van der Waals surface area contributed by atoms with E-state index in [9.17, 15) is 14.4 Å². The van der Waals surface area contributed by atoms with Crippen LogP contribution in [0.1, 0.15) is 6.42 Å². The molecule has 0 fully saturated rings. The van der Waals surface area contributed by atoms with Gasteiger partial charge in [-0.05, 0) is 0 Å². The van der Waals surface area contributed by atoms with Crippen LogP contribution < -0.4 is 16.0 Å². The number of nitrogens with one attached hydrogen (secondary N) is 3. The summed E-state index contributed by atoms with van der Waals surface area (Å²) in [7, 11) is 0. The van der Waals surface area contributed by atoms with Crippen molar-refractivity contribution in [1.82, 2.24) is 16.0 Å². The summed E-state index contributed by atoms with van der Waals surface area (Å²) in [5.74, 6) is -1.32. The highest BCUT2D eigenvalue weighted by atomic mass is 16.2. The van der Waals surface area contributed by atoms with E-state index < -0.39 is 11.8 Å². The quantitative estimate of drug-likeness (QED) is 0.397. The minimum absolute atomic E-state index is 0.0694. The van der Waals surface area contributed by atoms with Gasteiger partial charge >= 0.3 is 0 Å². The van der Waals surface area contributed by atoms with Crippen molar-refractivity contribution in [2.75, 3.05) is 19.6 Å². The first-order valence-electron chi connectivity index (χ1n) is 6.41. The summed E-state index contributed by atoms with van der Waals surface area (Å²) >= 11 is 0. The second-order valence-corrected chi connectivity index (χ2v) is 3.97. The van der Waals surface area contributed by atoms with Crippen molar-refractivity contribution < 1.29 is 14.4 Å². The Kier molecular flexibility index (Phi) is 9.81. The number of hydrogen-bond donors (Lipinski definition) is 3. The van der Waals surface area contributed by atoms with Crippen LogP contribution in [0.4, 0.5) is 0 Å². The molecule has 0 aliphatic carbocycles. The van der Waals surface area contributed by atoms with Crippen LogP contribution in [0.2, 0.25) is 0 Å². The van der Waals surface area contributed by atoms with Gasteiger partial charge in [-0.2, -0.15) is 0 Å². The van der Waals surface area contributed by atoms with Crippen LogP contribution in [-0.4, -0.2) is 37.4 Å². The van der Waals surface area contributed by atoms with E-state index in [2.05, 4.69) is 35.7 Å². The lowest BCUT2D eigenvalue weighted by Crippen LogP contribution is -2.31. The molecule has 3 N–H and O–H groups in total. The number of carbonyl (C=O) groups excluding carboxylic acids is 3. The zero-order valence-corrected chi connectivity index (χ0v) is 12.0. The predicted molar refractivity (Wildman–Crippen MR) is 82.3 cm³/mol. The van der Waals surface area contributed by atoms with Gasteiger partial charge in [0, 0.05) is 31.3 Å². The molecule has 0 heterocycles. The Morgan fingerprint density at radius 3 is 1.90 bits per heavy atom. The maximum absolute atomic E-state index is 11.9. The molecule has 21 heavy (non-hydrogen) atoms. The molecule has 0 aromatic heterocycles. The van der Waals surface area contributed by atoms with Crippen LogP contribution in [0.3, 0.4) is 0 Å². The molecule has 0 saturated carbocycles. The fraction of sp³-hybridized carbons (Fsp3) is 0.267. The molecule has 6 nitrogen and oxygen atoms in total. The smallest absolute Gasteiger partial charge is 0.248 e. The predicted octanol–water partition coefficient (Wildman–Crippen LogP) is 0.210. The molecule has 0 radical (unpaired) electrons. The number of rotatable bonds is 10. The van der Waals surface area contributed by atoms with Crippen molar-refractivity contribution in [2.24, 2.45) is 0 Å². The van der Waals surface area contributed by atoms with Crippen molar-refractivity contribution in [3.05, 3.63) is 49.6 Å². The van der Waals surface area contributed by atoms with E-state index in [4.69, 9.17) is 0 Å². The first kappa shape index (κ1) is 18.4. The third kappa shape index (κ3) is 8.99. The summed E-state index contributed by atoms with van der Waals surface area (Å²) in [6.07, 6.45) is 5.45. The minimum Gasteiger partial charge on any atom is -0.352 e. The molecular formula is C15H21N3O3. The highest BCUT2D eigenvalue weighted by molar-refractivity contribution is 6.04. The van der Waals surface area contributed by atoms with Gasteiger partial charge < -0.3 is 16.0 Å². The summed E-state index contributed by atoms with van der Waals surface area (Å²) in [5, 5.41) is 7.58. The summed E-state index contributed by atoms with van der Waals surface area (Å²) in [5.41, 5.74) is 0.0694. The van der Waals surface area contributed by atoms with Crippen molar-refractivity contribution in [3.63, 3.8) is 0 Å². The van der Waals surface area contributed by atoms with Gasteiger partial charge in [0.1, 0.15) is 0 Å². The van der Waals surface area contributed by atoms with Gasteiger partial charge in [-0.1, -0.05) is 18.2 Å².